The zero-order valence-electron chi connectivity index (χ0n) is 11.0. The molecule has 0 radical (unpaired) electrons. The molecule has 0 aromatic carbocycles. The van der Waals surface area contributed by atoms with E-state index in [1.54, 1.807) is 0 Å². The smallest absolute Gasteiger partial charge is 0.238 e. The number of amides is 4. The van der Waals surface area contributed by atoms with Crippen molar-refractivity contribution in [2.45, 2.75) is 18.4 Å². The molecule has 0 aliphatic rings. The predicted octanol–water partition coefficient (Wildman–Crippen LogP) is -4.37. The van der Waals surface area contributed by atoms with E-state index in [2.05, 4.69) is 10.6 Å². The van der Waals surface area contributed by atoms with Gasteiger partial charge in [-0.1, -0.05) is 0 Å². The Labute approximate surface area is 115 Å². The summed E-state index contributed by atoms with van der Waals surface area (Å²) < 4.78 is 0. The monoisotopic (exact) mass is 288 g/mol. The maximum atomic E-state index is 11.5. The third kappa shape index (κ3) is 6.66. The summed E-state index contributed by atoms with van der Waals surface area (Å²) in [7, 11) is 0. The van der Waals surface area contributed by atoms with Gasteiger partial charge in [0.25, 0.3) is 0 Å². The molecule has 0 saturated heterocycles. The number of nitrogens with one attached hydrogen (secondary N) is 2. The molecule has 114 valence electrons. The molecule has 0 atom stereocenters. The lowest BCUT2D eigenvalue weighted by Gasteiger charge is -2.29. The Balaban J connectivity index is 4.65. The third-order valence-electron chi connectivity index (χ3n) is 2.49. The minimum atomic E-state index is -1.63. The second kappa shape index (κ2) is 8.07. The molecule has 10 N–H and O–H groups in total. The van der Waals surface area contributed by atoms with Crippen molar-refractivity contribution >= 4 is 23.6 Å². The molecule has 0 aliphatic heterocycles. The molecule has 0 fully saturated rings. The van der Waals surface area contributed by atoms with Crippen LogP contribution in [0, 0.1) is 0 Å². The minimum absolute atomic E-state index is 0.0448. The predicted molar refractivity (Wildman–Crippen MR) is 69.6 cm³/mol. The van der Waals surface area contributed by atoms with Crippen LogP contribution < -0.4 is 33.6 Å². The van der Waals surface area contributed by atoms with Crippen LogP contribution in [-0.2, 0) is 19.2 Å². The molecule has 0 aromatic heterocycles. The van der Waals surface area contributed by atoms with Gasteiger partial charge in [0.05, 0.1) is 19.4 Å². The van der Waals surface area contributed by atoms with Gasteiger partial charge in [0, 0.05) is 13.1 Å². The van der Waals surface area contributed by atoms with Gasteiger partial charge in [-0.15, -0.1) is 0 Å². The second-order valence-corrected chi connectivity index (χ2v) is 4.30. The Bertz CT molecular complexity index is 381. The second-order valence-electron chi connectivity index (χ2n) is 4.30. The van der Waals surface area contributed by atoms with Gasteiger partial charge < -0.3 is 33.6 Å². The fraction of sp³-hybridized carbons (Fsp3) is 0.600. The quantitative estimate of drug-likeness (QED) is 0.207. The number of hydrogen-bond acceptors (Lipinski definition) is 6. The molecule has 10 nitrogen and oxygen atoms in total. The Morgan fingerprint density at radius 1 is 0.800 bits per heavy atom. The van der Waals surface area contributed by atoms with Crippen LogP contribution in [0.3, 0.4) is 0 Å². The number of nitrogens with two attached hydrogens (primary N) is 4. The van der Waals surface area contributed by atoms with Gasteiger partial charge in [0.1, 0.15) is 5.54 Å². The number of carbonyl (C=O) groups excluding carboxylic acids is 4. The van der Waals surface area contributed by atoms with Gasteiger partial charge in [0.2, 0.25) is 23.6 Å². The summed E-state index contributed by atoms with van der Waals surface area (Å²) in [4.78, 5) is 44.1. The zero-order chi connectivity index (χ0) is 15.8. The first-order valence-corrected chi connectivity index (χ1v) is 5.80. The zero-order valence-corrected chi connectivity index (χ0v) is 11.0. The molecule has 4 amide bonds. The fourth-order valence-corrected chi connectivity index (χ4v) is 1.65. The molecular formula is C10H20N6O4. The average Bonchev–Trinajstić information content (AvgIpc) is 2.25. The number of primary amides is 4. The van der Waals surface area contributed by atoms with Gasteiger partial charge in [-0.25, -0.2) is 0 Å². The number of hydrogen-bond donors (Lipinski definition) is 6. The first-order valence-electron chi connectivity index (χ1n) is 5.80. The van der Waals surface area contributed by atoms with E-state index in [1.165, 1.54) is 0 Å². The van der Waals surface area contributed by atoms with E-state index >= 15 is 0 Å². The molecule has 0 aromatic rings. The molecule has 20 heavy (non-hydrogen) atoms. The van der Waals surface area contributed by atoms with Crippen molar-refractivity contribution in [1.82, 2.24) is 10.6 Å². The topological polar surface area (TPSA) is 196 Å². The van der Waals surface area contributed by atoms with E-state index in [4.69, 9.17) is 22.9 Å². The van der Waals surface area contributed by atoms with E-state index in [0.717, 1.165) is 0 Å². The van der Waals surface area contributed by atoms with Crippen molar-refractivity contribution in [3.8, 4) is 0 Å². The summed E-state index contributed by atoms with van der Waals surface area (Å²) >= 11 is 0. The minimum Gasteiger partial charge on any atom is -0.370 e. The highest BCUT2D eigenvalue weighted by Crippen LogP contribution is 2.14. The molecule has 0 unspecified atom stereocenters. The van der Waals surface area contributed by atoms with Crippen molar-refractivity contribution in [2.24, 2.45) is 22.9 Å². The molecule has 0 bridgehead atoms. The summed E-state index contributed by atoms with van der Waals surface area (Å²) in [6.07, 6.45) is -0.914. The van der Waals surface area contributed by atoms with E-state index < -0.39 is 42.0 Å². The molecular weight excluding hydrogens is 268 g/mol. The summed E-state index contributed by atoms with van der Waals surface area (Å²) in [5.41, 5.74) is 18.6. The van der Waals surface area contributed by atoms with Crippen LogP contribution in [0.25, 0.3) is 0 Å². The Hall–Kier alpha value is -2.20. The number of carbonyl (C=O) groups is 4. The molecule has 0 saturated carbocycles. The van der Waals surface area contributed by atoms with E-state index in [9.17, 15) is 19.2 Å². The van der Waals surface area contributed by atoms with Crippen molar-refractivity contribution in [3.05, 3.63) is 0 Å². The standard InChI is InChI=1S/C10H20N6O4/c11-6(17)3-10(9(14)20,4-7(12)18)16-2-1-15-5-8(13)19/h15-16H,1-5H2,(H2,11,17)(H2,12,18)(H2,13,19)(H2,14,20). The first kappa shape index (κ1) is 17.8. The van der Waals surface area contributed by atoms with Gasteiger partial charge >= 0.3 is 0 Å². The van der Waals surface area contributed by atoms with E-state index in [0.29, 0.717) is 0 Å². The Morgan fingerprint density at radius 3 is 1.65 bits per heavy atom. The van der Waals surface area contributed by atoms with Crippen LogP contribution in [0.2, 0.25) is 0 Å². The summed E-state index contributed by atoms with van der Waals surface area (Å²) in [5.74, 6) is -3.06. The van der Waals surface area contributed by atoms with Crippen molar-refractivity contribution < 1.29 is 19.2 Å². The summed E-state index contributed by atoms with van der Waals surface area (Å²) in [6.45, 7) is 0.364. The maximum Gasteiger partial charge on any atom is 0.238 e. The van der Waals surface area contributed by atoms with Crippen molar-refractivity contribution in [1.29, 1.82) is 0 Å². The number of rotatable bonds is 11. The van der Waals surface area contributed by atoms with Crippen LogP contribution in [0.5, 0.6) is 0 Å². The normalized spacial score (nSPS) is 11.0. The lowest BCUT2D eigenvalue weighted by molar-refractivity contribution is -0.133. The average molecular weight is 288 g/mol. The van der Waals surface area contributed by atoms with Crippen molar-refractivity contribution in [3.63, 3.8) is 0 Å². The Kier molecular flexibility index (Phi) is 7.18. The highest BCUT2D eigenvalue weighted by Gasteiger charge is 2.39. The van der Waals surface area contributed by atoms with Crippen LogP contribution in [0.4, 0.5) is 0 Å². The van der Waals surface area contributed by atoms with E-state index in [-0.39, 0.29) is 19.6 Å². The Morgan fingerprint density at radius 2 is 1.30 bits per heavy atom. The van der Waals surface area contributed by atoms with Crippen LogP contribution in [-0.4, -0.2) is 48.8 Å². The van der Waals surface area contributed by atoms with Crippen LogP contribution >= 0.6 is 0 Å². The summed E-state index contributed by atoms with van der Waals surface area (Å²) in [5, 5.41) is 5.36. The molecule has 10 heteroatoms. The molecule has 0 aliphatic carbocycles. The molecule has 0 rings (SSSR count). The lowest BCUT2D eigenvalue weighted by Crippen LogP contribution is -2.60. The maximum absolute atomic E-state index is 11.5. The van der Waals surface area contributed by atoms with Crippen molar-refractivity contribution in [2.75, 3.05) is 19.6 Å². The molecule has 0 heterocycles. The highest BCUT2D eigenvalue weighted by molar-refractivity contribution is 5.94. The summed E-state index contributed by atoms with van der Waals surface area (Å²) in [6, 6.07) is 0. The van der Waals surface area contributed by atoms with Gasteiger partial charge in [0.15, 0.2) is 0 Å². The van der Waals surface area contributed by atoms with Crippen LogP contribution in [0.15, 0.2) is 0 Å². The van der Waals surface area contributed by atoms with Gasteiger partial charge in [-0.2, -0.15) is 0 Å². The molecule has 0 spiro atoms. The third-order valence-corrected chi connectivity index (χ3v) is 2.49. The highest BCUT2D eigenvalue weighted by atomic mass is 16.2. The van der Waals surface area contributed by atoms with Gasteiger partial charge in [-0.3, -0.25) is 19.2 Å². The lowest BCUT2D eigenvalue weighted by atomic mass is 9.89. The largest absolute Gasteiger partial charge is 0.370 e. The van der Waals surface area contributed by atoms with Gasteiger partial charge in [-0.05, 0) is 0 Å². The fourth-order valence-electron chi connectivity index (χ4n) is 1.65. The van der Waals surface area contributed by atoms with Crippen LogP contribution in [0.1, 0.15) is 12.8 Å². The SMILES string of the molecule is NC(=O)CNCCNC(CC(N)=O)(CC(N)=O)C(N)=O. The van der Waals surface area contributed by atoms with E-state index in [1.807, 2.05) is 0 Å². The first-order chi connectivity index (χ1) is 9.19.